The van der Waals surface area contributed by atoms with E-state index >= 15 is 0 Å². The predicted molar refractivity (Wildman–Crippen MR) is 150 cm³/mol. The lowest BCUT2D eigenvalue weighted by Gasteiger charge is -2.21. The summed E-state index contributed by atoms with van der Waals surface area (Å²) in [6.07, 6.45) is 4.28. The molecule has 0 saturated carbocycles. The number of hydrogen-bond donors (Lipinski definition) is 1. The molecule has 0 radical (unpaired) electrons. The number of aryl methyl sites for hydroxylation is 1. The van der Waals surface area contributed by atoms with Crippen LogP contribution >= 0.6 is 11.6 Å². The van der Waals surface area contributed by atoms with E-state index in [-0.39, 0.29) is 36.0 Å². The number of ketones is 1. The summed E-state index contributed by atoms with van der Waals surface area (Å²) in [6.45, 7) is 2.93. The molecule has 3 heterocycles. The Labute approximate surface area is 235 Å². The zero-order valence-electron chi connectivity index (χ0n) is 21.9. The van der Waals surface area contributed by atoms with Gasteiger partial charge in [0.2, 0.25) is 5.95 Å². The monoisotopic (exact) mass is 562 g/mol. The molecule has 1 saturated heterocycles. The summed E-state index contributed by atoms with van der Waals surface area (Å²) in [7, 11) is 0. The van der Waals surface area contributed by atoms with E-state index in [9.17, 15) is 14.0 Å². The van der Waals surface area contributed by atoms with Crippen molar-refractivity contribution in [2.45, 2.75) is 32.7 Å². The van der Waals surface area contributed by atoms with E-state index < -0.39 is 5.82 Å². The van der Waals surface area contributed by atoms with Gasteiger partial charge >= 0.3 is 0 Å². The van der Waals surface area contributed by atoms with Gasteiger partial charge in [-0.15, -0.1) is 0 Å². The molecule has 0 atom stereocenters. The topological polar surface area (TPSA) is 95.3 Å². The Kier molecular flexibility index (Phi) is 8.52. The number of ether oxygens (including phenoxy) is 2. The number of nitrogens with zero attached hydrogens (tertiary/aromatic N) is 3. The van der Waals surface area contributed by atoms with Gasteiger partial charge in [-0.1, -0.05) is 23.7 Å². The number of rotatable bonds is 9. The normalized spacial score (nSPS) is 13.7. The first kappa shape index (κ1) is 27.5. The maximum absolute atomic E-state index is 13.8. The van der Waals surface area contributed by atoms with Crippen molar-refractivity contribution < 1.29 is 18.7 Å². The SMILES string of the molecule is Cc1ncc(Oc2ccc(Nc3ncc(CC(=O)C4CCOCC4)c(=O)n3Cc3ccc(Cl)cc3)cc2)cc1F. The predicted octanol–water partition coefficient (Wildman–Crippen LogP) is 5.86. The number of aromatic nitrogens is 3. The molecular weight excluding hydrogens is 535 g/mol. The summed E-state index contributed by atoms with van der Waals surface area (Å²) in [4.78, 5) is 35.0. The van der Waals surface area contributed by atoms with Gasteiger partial charge < -0.3 is 14.8 Å². The number of nitrogens with one attached hydrogen (secondary N) is 1. The second-order valence-corrected chi connectivity index (χ2v) is 10.1. The van der Waals surface area contributed by atoms with Gasteiger partial charge in [-0.3, -0.25) is 19.1 Å². The van der Waals surface area contributed by atoms with E-state index in [1.165, 1.54) is 23.0 Å². The molecule has 1 N–H and O–H groups in total. The zero-order valence-corrected chi connectivity index (χ0v) is 22.7. The third-order valence-corrected chi connectivity index (χ3v) is 7.01. The van der Waals surface area contributed by atoms with Crippen LogP contribution in [0, 0.1) is 18.7 Å². The first-order chi connectivity index (χ1) is 19.4. The number of carbonyl (C=O) groups excluding carboxylic acids is 1. The minimum absolute atomic E-state index is 0.0257. The minimum atomic E-state index is -0.446. The summed E-state index contributed by atoms with van der Waals surface area (Å²) >= 11 is 6.05. The van der Waals surface area contributed by atoms with Crippen molar-refractivity contribution in [3.8, 4) is 11.5 Å². The van der Waals surface area contributed by atoms with Crippen molar-refractivity contribution in [3.63, 3.8) is 0 Å². The van der Waals surface area contributed by atoms with Crippen LogP contribution in [0.1, 0.15) is 29.7 Å². The number of benzene rings is 2. The summed E-state index contributed by atoms with van der Waals surface area (Å²) in [5.41, 5.74) is 1.86. The number of carbonyl (C=O) groups is 1. The highest BCUT2D eigenvalue weighted by Gasteiger charge is 2.23. The molecule has 2 aromatic heterocycles. The van der Waals surface area contributed by atoms with Gasteiger partial charge in [0.25, 0.3) is 5.56 Å². The average Bonchev–Trinajstić information content (AvgIpc) is 2.96. The molecule has 0 spiro atoms. The molecule has 4 aromatic rings. The van der Waals surface area contributed by atoms with Crippen molar-refractivity contribution in [1.82, 2.24) is 14.5 Å². The summed E-state index contributed by atoms with van der Waals surface area (Å²) in [5.74, 6) is 0.570. The Morgan fingerprint density at radius 1 is 1.07 bits per heavy atom. The van der Waals surface area contributed by atoms with Crippen LogP contribution < -0.4 is 15.6 Å². The smallest absolute Gasteiger partial charge is 0.258 e. The molecule has 1 aliphatic heterocycles. The highest BCUT2D eigenvalue weighted by molar-refractivity contribution is 6.30. The summed E-state index contributed by atoms with van der Waals surface area (Å²) in [6, 6.07) is 15.4. The van der Waals surface area contributed by atoms with Crippen LogP contribution in [-0.2, 0) is 22.5 Å². The van der Waals surface area contributed by atoms with Crippen LogP contribution in [0.5, 0.6) is 11.5 Å². The first-order valence-electron chi connectivity index (χ1n) is 13.0. The van der Waals surface area contributed by atoms with Crippen molar-refractivity contribution in [2.24, 2.45) is 5.92 Å². The van der Waals surface area contributed by atoms with Gasteiger partial charge in [0, 0.05) is 54.1 Å². The molecule has 0 bridgehead atoms. The number of anilines is 2. The van der Waals surface area contributed by atoms with Crippen molar-refractivity contribution in [2.75, 3.05) is 18.5 Å². The van der Waals surface area contributed by atoms with Crippen LogP contribution in [-0.4, -0.2) is 33.5 Å². The van der Waals surface area contributed by atoms with Gasteiger partial charge in [0.1, 0.15) is 23.1 Å². The largest absolute Gasteiger partial charge is 0.456 e. The average molecular weight is 563 g/mol. The van der Waals surface area contributed by atoms with E-state index in [2.05, 4.69) is 15.3 Å². The highest BCUT2D eigenvalue weighted by atomic mass is 35.5. The molecule has 0 aliphatic carbocycles. The van der Waals surface area contributed by atoms with Crippen LogP contribution in [0.15, 0.2) is 71.8 Å². The van der Waals surface area contributed by atoms with Gasteiger partial charge in [-0.05, 0) is 61.7 Å². The van der Waals surface area contributed by atoms with Crippen molar-refractivity contribution >= 4 is 29.0 Å². The summed E-state index contributed by atoms with van der Waals surface area (Å²) in [5, 5.41) is 3.79. The molecule has 2 aromatic carbocycles. The van der Waals surface area contributed by atoms with E-state index in [4.69, 9.17) is 21.1 Å². The maximum Gasteiger partial charge on any atom is 0.258 e. The Morgan fingerprint density at radius 2 is 1.80 bits per heavy atom. The van der Waals surface area contributed by atoms with E-state index in [1.54, 1.807) is 43.3 Å². The molecule has 0 amide bonds. The van der Waals surface area contributed by atoms with Crippen LogP contribution in [0.2, 0.25) is 5.02 Å². The van der Waals surface area contributed by atoms with Crippen LogP contribution in [0.4, 0.5) is 16.0 Å². The molecule has 10 heteroatoms. The number of Topliss-reactive ketones (excluding diaryl/α,β-unsaturated/α-hetero) is 1. The molecule has 5 rings (SSSR count). The fraction of sp³-hybridized carbons (Fsp3) is 0.267. The minimum Gasteiger partial charge on any atom is -0.456 e. The lowest BCUT2D eigenvalue weighted by molar-refractivity contribution is -0.125. The summed E-state index contributed by atoms with van der Waals surface area (Å²) < 4.78 is 26.4. The highest BCUT2D eigenvalue weighted by Crippen LogP contribution is 2.25. The molecule has 0 unspecified atom stereocenters. The van der Waals surface area contributed by atoms with Gasteiger partial charge in [0.05, 0.1) is 18.4 Å². The fourth-order valence-corrected chi connectivity index (χ4v) is 4.57. The quantitative estimate of drug-likeness (QED) is 0.273. The van der Waals surface area contributed by atoms with Crippen molar-refractivity contribution in [3.05, 3.63) is 105 Å². The third-order valence-electron chi connectivity index (χ3n) is 6.76. The zero-order chi connectivity index (χ0) is 28.1. The molecule has 1 fully saturated rings. The molecule has 206 valence electrons. The molecule has 8 nitrogen and oxygen atoms in total. The van der Waals surface area contributed by atoms with E-state index in [0.717, 1.165) is 5.56 Å². The lowest BCUT2D eigenvalue weighted by Crippen LogP contribution is -2.31. The van der Waals surface area contributed by atoms with Crippen LogP contribution in [0.3, 0.4) is 0 Å². The molecule has 40 heavy (non-hydrogen) atoms. The van der Waals surface area contributed by atoms with Gasteiger partial charge in [-0.2, -0.15) is 0 Å². The van der Waals surface area contributed by atoms with Gasteiger partial charge in [0.15, 0.2) is 0 Å². The number of hydrogen-bond acceptors (Lipinski definition) is 7. The Balaban J connectivity index is 1.38. The number of halogens is 2. The third kappa shape index (κ3) is 6.73. The molecular formula is C30H28ClFN4O4. The van der Waals surface area contributed by atoms with Crippen molar-refractivity contribution in [1.29, 1.82) is 0 Å². The molecule has 1 aliphatic rings. The van der Waals surface area contributed by atoms with E-state index in [0.29, 0.717) is 59.7 Å². The second kappa shape index (κ2) is 12.4. The lowest BCUT2D eigenvalue weighted by atomic mass is 9.92. The Bertz CT molecular complexity index is 1550. The maximum atomic E-state index is 13.8. The van der Waals surface area contributed by atoms with E-state index in [1.807, 2.05) is 12.1 Å². The fourth-order valence-electron chi connectivity index (χ4n) is 4.44. The Hall–Kier alpha value is -4.08. The number of pyridine rings is 1. The standard InChI is InChI=1S/C30H28ClFN4O4/c1-19-27(32)15-26(17-33-19)40-25-8-6-24(7-9-25)35-30-34-16-22(14-28(37)21-10-12-39-13-11-21)29(38)36(30)18-20-2-4-23(31)5-3-20/h2-9,15-17,21H,10-14,18H2,1H3,(H,34,35). The first-order valence-corrected chi connectivity index (χ1v) is 13.3. The van der Waals surface area contributed by atoms with Gasteiger partial charge in [-0.25, -0.2) is 9.37 Å². The second-order valence-electron chi connectivity index (χ2n) is 9.64. The Morgan fingerprint density at radius 3 is 2.50 bits per heavy atom. The van der Waals surface area contributed by atoms with Crippen LogP contribution in [0.25, 0.3) is 0 Å².